The molecule has 0 aliphatic carbocycles. The smallest absolute Gasteiger partial charge is 0.255 e. The van der Waals surface area contributed by atoms with E-state index >= 15 is 0 Å². The van der Waals surface area contributed by atoms with E-state index in [2.05, 4.69) is 4.98 Å². The van der Waals surface area contributed by atoms with Gasteiger partial charge in [0.25, 0.3) is 5.91 Å². The summed E-state index contributed by atoms with van der Waals surface area (Å²) in [5.41, 5.74) is 0.566. The van der Waals surface area contributed by atoms with E-state index in [0.717, 1.165) is 18.6 Å². The van der Waals surface area contributed by atoms with Crippen LogP contribution < -0.4 is 4.74 Å². The number of carbonyl (C=O) groups excluding carboxylic acids is 1. The van der Waals surface area contributed by atoms with E-state index in [1.807, 2.05) is 29.2 Å². The number of likely N-dealkylation sites (tertiary alicyclic amines) is 1. The normalized spacial score (nSPS) is 15.6. The molecule has 0 N–H and O–H groups in total. The van der Waals surface area contributed by atoms with Crippen LogP contribution >= 0.6 is 11.6 Å². The number of aromatic nitrogens is 1. The second-order valence-electron chi connectivity index (χ2n) is 5.28. The molecule has 2 aromatic rings. The molecule has 0 bridgehead atoms. The van der Waals surface area contributed by atoms with Crippen molar-refractivity contribution in [2.75, 3.05) is 13.1 Å². The molecule has 0 unspecified atom stereocenters. The summed E-state index contributed by atoms with van der Waals surface area (Å²) in [5, 5.41) is 0.501. The molecule has 114 valence electrons. The maximum atomic E-state index is 12.5. The Labute approximate surface area is 134 Å². The molecule has 1 saturated heterocycles. The lowest BCUT2D eigenvalue weighted by atomic mass is 10.1. The van der Waals surface area contributed by atoms with Gasteiger partial charge in [-0.3, -0.25) is 9.78 Å². The number of piperidine rings is 1. The molecule has 0 spiro atoms. The molecule has 1 aromatic carbocycles. The number of benzene rings is 1. The Hall–Kier alpha value is -2.07. The predicted molar refractivity (Wildman–Crippen MR) is 85.2 cm³/mol. The second-order valence-corrected chi connectivity index (χ2v) is 5.69. The lowest BCUT2D eigenvalue weighted by molar-refractivity contribution is 0.0595. The van der Waals surface area contributed by atoms with Crippen LogP contribution in [0.4, 0.5) is 0 Å². The minimum atomic E-state index is -0.00886. The van der Waals surface area contributed by atoms with E-state index in [4.69, 9.17) is 16.3 Å². The van der Waals surface area contributed by atoms with Gasteiger partial charge >= 0.3 is 0 Å². The van der Waals surface area contributed by atoms with E-state index < -0.39 is 0 Å². The van der Waals surface area contributed by atoms with Crippen LogP contribution in [0.3, 0.4) is 0 Å². The van der Waals surface area contributed by atoms with Crippen molar-refractivity contribution in [1.29, 1.82) is 0 Å². The zero-order chi connectivity index (χ0) is 15.4. The fourth-order valence-electron chi connectivity index (χ4n) is 2.59. The number of amides is 1. The summed E-state index contributed by atoms with van der Waals surface area (Å²) in [6.45, 7) is 1.35. The molecule has 3 rings (SSSR count). The van der Waals surface area contributed by atoms with Gasteiger partial charge in [-0.25, -0.2) is 0 Å². The Balaban J connectivity index is 1.58. The molecular formula is C17H17ClN2O2. The monoisotopic (exact) mass is 316 g/mol. The van der Waals surface area contributed by atoms with Crippen LogP contribution in [0, 0.1) is 0 Å². The fraction of sp³-hybridized carbons (Fsp3) is 0.294. The van der Waals surface area contributed by atoms with Crippen LogP contribution in [-0.4, -0.2) is 35.0 Å². The van der Waals surface area contributed by atoms with Crippen molar-refractivity contribution < 1.29 is 9.53 Å². The summed E-state index contributed by atoms with van der Waals surface area (Å²) < 4.78 is 5.89. The summed E-state index contributed by atoms with van der Waals surface area (Å²) in [4.78, 5) is 18.4. The van der Waals surface area contributed by atoms with Gasteiger partial charge in [-0.05, 0) is 24.3 Å². The number of rotatable bonds is 3. The van der Waals surface area contributed by atoms with E-state index in [0.29, 0.717) is 23.7 Å². The average molecular weight is 317 g/mol. The molecule has 1 aromatic heterocycles. The Bertz CT molecular complexity index is 640. The molecule has 0 saturated carbocycles. The van der Waals surface area contributed by atoms with Crippen molar-refractivity contribution in [2.45, 2.75) is 18.9 Å². The third kappa shape index (κ3) is 3.39. The third-order valence-corrected chi connectivity index (χ3v) is 4.10. The summed E-state index contributed by atoms with van der Waals surface area (Å²) in [6, 6.07) is 10.9. The van der Waals surface area contributed by atoms with Crippen molar-refractivity contribution >= 4 is 17.5 Å². The zero-order valence-corrected chi connectivity index (χ0v) is 12.9. The molecule has 1 amide bonds. The van der Waals surface area contributed by atoms with Crippen molar-refractivity contribution in [3.05, 3.63) is 59.4 Å². The standard InChI is InChI=1S/C17H17ClN2O2/c18-16-6-2-1-5-15(16)17(21)20-10-7-13(8-11-20)22-14-4-3-9-19-12-14/h1-6,9,12-13H,7-8,10-11H2. The van der Waals surface area contributed by atoms with E-state index in [1.54, 1.807) is 24.5 Å². The van der Waals surface area contributed by atoms with Crippen molar-refractivity contribution in [3.8, 4) is 5.75 Å². The van der Waals surface area contributed by atoms with Gasteiger partial charge in [0, 0.05) is 32.1 Å². The van der Waals surface area contributed by atoms with Gasteiger partial charge in [-0.2, -0.15) is 0 Å². The van der Waals surface area contributed by atoms with Crippen molar-refractivity contribution in [2.24, 2.45) is 0 Å². The topological polar surface area (TPSA) is 42.4 Å². The summed E-state index contributed by atoms with van der Waals surface area (Å²) in [7, 11) is 0. The van der Waals surface area contributed by atoms with Gasteiger partial charge in [0.2, 0.25) is 0 Å². The highest BCUT2D eigenvalue weighted by Gasteiger charge is 2.25. The molecule has 2 heterocycles. The highest BCUT2D eigenvalue weighted by molar-refractivity contribution is 6.33. The second kappa shape index (κ2) is 6.79. The number of ether oxygens (including phenoxy) is 1. The number of halogens is 1. The van der Waals surface area contributed by atoms with Crippen molar-refractivity contribution in [3.63, 3.8) is 0 Å². The first-order valence-corrected chi connectivity index (χ1v) is 7.72. The molecule has 1 fully saturated rings. The third-order valence-electron chi connectivity index (χ3n) is 3.77. The number of pyridine rings is 1. The SMILES string of the molecule is O=C(c1ccccc1Cl)N1CCC(Oc2cccnc2)CC1. The molecule has 22 heavy (non-hydrogen) atoms. The lowest BCUT2D eigenvalue weighted by Crippen LogP contribution is -2.41. The number of hydrogen-bond acceptors (Lipinski definition) is 3. The number of carbonyl (C=O) groups is 1. The van der Waals surface area contributed by atoms with Gasteiger partial charge < -0.3 is 9.64 Å². The minimum Gasteiger partial charge on any atom is -0.489 e. The van der Waals surface area contributed by atoms with Crippen LogP contribution in [0.5, 0.6) is 5.75 Å². The zero-order valence-electron chi connectivity index (χ0n) is 12.1. The first kappa shape index (κ1) is 14.9. The quantitative estimate of drug-likeness (QED) is 0.871. The summed E-state index contributed by atoms with van der Waals surface area (Å²) in [5.74, 6) is 0.767. The number of nitrogens with zero attached hydrogens (tertiary/aromatic N) is 2. The molecule has 5 heteroatoms. The maximum Gasteiger partial charge on any atom is 0.255 e. The van der Waals surface area contributed by atoms with Gasteiger partial charge in [-0.1, -0.05) is 23.7 Å². The highest BCUT2D eigenvalue weighted by Crippen LogP contribution is 2.22. The lowest BCUT2D eigenvalue weighted by Gasteiger charge is -2.32. The van der Waals surface area contributed by atoms with Crippen LogP contribution in [0.15, 0.2) is 48.8 Å². The van der Waals surface area contributed by atoms with Crippen LogP contribution in [0.1, 0.15) is 23.2 Å². The van der Waals surface area contributed by atoms with Gasteiger partial charge in [0.05, 0.1) is 16.8 Å². The molecular weight excluding hydrogens is 300 g/mol. The van der Waals surface area contributed by atoms with Crippen LogP contribution in [0.25, 0.3) is 0 Å². The van der Waals surface area contributed by atoms with E-state index in [-0.39, 0.29) is 12.0 Å². The Morgan fingerprint density at radius 2 is 1.95 bits per heavy atom. The minimum absolute atomic E-state index is 0.00886. The average Bonchev–Trinajstić information content (AvgIpc) is 2.56. The maximum absolute atomic E-state index is 12.5. The van der Waals surface area contributed by atoms with E-state index in [9.17, 15) is 4.79 Å². The molecule has 4 nitrogen and oxygen atoms in total. The summed E-state index contributed by atoms with van der Waals surface area (Å²) >= 11 is 6.10. The Morgan fingerprint density at radius 1 is 1.18 bits per heavy atom. The fourth-order valence-corrected chi connectivity index (χ4v) is 2.81. The van der Waals surface area contributed by atoms with E-state index in [1.165, 1.54) is 0 Å². The molecule has 0 radical (unpaired) electrons. The van der Waals surface area contributed by atoms with Crippen LogP contribution in [0.2, 0.25) is 5.02 Å². The Kier molecular flexibility index (Phi) is 4.59. The van der Waals surface area contributed by atoms with Crippen LogP contribution in [-0.2, 0) is 0 Å². The molecule has 0 atom stereocenters. The molecule has 1 aliphatic rings. The first-order valence-electron chi connectivity index (χ1n) is 7.34. The first-order chi connectivity index (χ1) is 10.7. The van der Waals surface area contributed by atoms with Crippen molar-refractivity contribution in [1.82, 2.24) is 9.88 Å². The largest absolute Gasteiger partial charge is 0.489 e. The van der Waals surface area contributed by atoms with Gasteiger partial charge in [-0.15, -0.1) is 0 Å². The molecule has 1 aliphatic heterocycles. The highest BCUT2D eigenvalue weighted by atomic mass is 35.5. The van der Waals surface area contributed by atoms with Gasteiger partial charge in [0.15, 0.2) is 0 Å². The predicted octanol–water partition coefficient (Wildman–Crippen LogP) is 3.42. The number of hydrogen-bond donors (Lipinski definition) is 0. The Morgan fingerprint density at radius 3 is 2.64 bits per heavy atom. The summed E-state index contributed by atoms with van der Waals surface area (Å²) in [6.07, 6.45) is 5.18. The van der Waals surface area contributed by atoms with Gasteiger partial charge in [0.1, 0.15) is 11.9 Å².